The first-order valence-electron chi connectivity index (χ1n) is 9.51. The zero-order chi connectivity index (χ0) is 17.7. The summed E-state index contributed by atoms with van der Waals surface area (Å²) < 4.78 is 6.04. The van der Waals surface area contributed by atoms with Crippen molar-refractivity contribution in [2.45, 2.75) is 78.9 Å². The summed E-state index contributed by atoms with van der Waals surface area (Å²) in [4.78, 5) is 12.7. The number of carbonyl (C=O) groups is 1. The molecule has 0 heterocycles. The van der Waals surface area contributed by atoms with E-state index in [2.05, 4.69) is 45.1 Å². The molecule has 3 nitrogen and oxygen atoms in total. The lowest BCUT2D eigenvalue weighted by molar-refractivity contribution is -0.129. The number of carbonyl (C=O) groups excluding carboxylic acids is 1. The average Bonchev–Trinajstić information content (AvgIpc) is 2.56. The quantitative estimate of drug-likeness (QED) is 0.798. The van der Waals surface area contributed by atoms with Crippen LogP contribution in [0.4, 0.5) is 0 Å². The zero-order valence-corrected chi connectivity index (χ0v) is 15.9. The molecule has 1 aromatic carbocycles. The molecule has 0 aliphatic heterocycles. The van der Waals surface area contributed by atoms with Gasteiger partial charge in [0.05, 0.1) is 0 Å². The molecule has 1 aliphatic rings. The van der Waals surface area contributed by atoms with Crippen molar-refractivity contribution >= 4 is 5.91 Å². The van der Waals surface area contributed by atoms with Crippen molar-refractivity contribution in [3.63, 3.8) is 0 Å². The lowest BCUT2D eigenvalue weighted by Gasteiger charge is -2.28. The molecular formula is C21H33NO2. The third-order valence-corrected chi connectivity index (χ3v) is 5.01. The Kier molecular flexibility index (Phi) is 6.70. The van der Waals surface area contributed by atoms with Crippen LogP contribution in [0.15, 0.2) is 18.2 Å². The Morgan fingerprint density at radius 3 is 2.29 bits per heavy atom. The molecule has 0 fully saturated rings. The summed E-state index contributed by atoms with van der Waals surface area (Å²) in [6.45, 7) is 10.6. The molecule has 134 valence electrons. The highest BCUT2D eigenvalue weighted by atomic mass is 16.5. The van der Waals surface area contributed by atoms with Crippen molar-refractivity contribution in [1.29, 1.82) is 0 Å². The lowest BCUT2D eigenvalue weighted by Crippen LogP contribution is -2.48. The second-order valence-corrected chi connectivity index (χ2v) is 7.67. The Morgan fingerprint density at radius 2 is 1.71 bits per heavy atom. The molecule has 0 saturated carbocycles. The van der Waals surface area contributed by atoms with E-state index in [1.165, 1.54) is 24.0 Å². The summed E-state index contributed by atoms with van der Waals surface area (Å²) >= 11 is 0. The SMILES string of the molecule is CC[C@@H](Oc1ccc2c(c1)CCCC2)C(=O)NC(C(C)C)C(C)C. The van der Waals surface area contributed by atoms with Crippen molar-refractivity contribution in [2.75, 3.05) is 0 Å². The molecule has 2 rings (SSSR count). The normalized spacial score (nSPS) is 15.5. The summed E-state index contributed by atoms with van der Waals surface area (Å²) in [5, 5.41) is 3.19. The van der Waals surface area contributed by atoms with Crippen LogP contribution >= 0.6 is 0 Å². The molecule has 0 saturated heterocycles. The van der Waals surface area contributed by atoms with E-state index in [9.17, 15) is 4.79 Å². The van der Waals surface area contributed by atoms with Crippen LogP contribution in [-0.2, 0) is 17.6 Å². The van der Waals surface area contributed by atoms with E-state index in [0.717, 1.165) is 18.6 Å². The molecular weight excluding hydrogens is 298 g/mol. The number of ether oxygens (including phenoxy) is 1. The van der Waals surface area contributed by atoms with Gasteiger partial charge in [-0.2, -0.15) is 0 Å². The van der Waals surface area contributed by atoms with Crippen molar-refractivity contribution in [3.8, 4) is 5.75 Å². The largest absolute Gasteiger partial charge is 0.481 e. The Morgan fingerprint density at radius 1 is 1.08 bits per heavy atom. The topological polar surface area (TPSA) is 38.3 Å². The highest BCUT2D eigenvalue weighted by Crippen LogP contribution is 2.26. The Bertz CT molecular complexity index is 543. The number of hydrogen-bond acceptors (Lipinski definition) is 2. The molecule has 0 radical (unpaired) electrons. The van der Waals surface area contributed by atoms with E-state index in [0.29, 0.717) is 18.3 Å². The predicted octanol–water partition coefficient (Wildman–Crippen LogP) is 4.52. The molecule has 1 aromatic rings. The van der Waals surface area contributed by atoms with Crippen molar-refractivity contribution in [1.82, 2.24) is 5.32 Å². The fourth-order valence-corrected chi connectivity index (χ4v) is 3.63. The maximum atomic E-state index is 12.7. The van der Waals surface area contributed by atoms with E-state index in [4.69, 9.17) is 4.74 Å². The van der Waals surface area contributed by atoms with Gasteiger partial charge in [-0.1, -0.05) is 40.7 Å². The number of fused-ring (bicyclic) bond motifs is 1. The fourth-order valence-electron chi connectivity index (χ4n) is 3.63. The third-order valence-electron chi connectivity index (χ3n) is 5.01. The molecule has 3 heteroatoms. The van der Waals surface area contributed by atoms with E-state index in [1.807, 2.05) is 13.0 Å². The van der Waals surface area contributed by atoms with Crippen molar-refractivity contribution < 1.29 is 9.53 Å². The molecule has 1 atom stereocenters. The molecule has 24 heavy (non-hydrogen) atoms. The van der Waals surface area contributed by atoms with Gasteiger partial charge in [-0.25, -0.2) is 0 Å². The smallest absolute Gasteiger partial charge is 0.261 e. The molecule has 0 unspecified atom stereocenters. The van der Waals surface area contributed by atoms with Crippen LogP contribution < -0.4 is 10.1 Å². The van der Waals surface area contributed by atoms with E-state index < -0.39 is 6.10 Å². The van der Waals surface area contributed by atoms with Gasteiger partial charge in [-0.3, -0.25) is 4.79 Å². The first-order chi connectivity index (χ1) is 11.4. The van der Waals surface area contributed by atoms with Crippen LogP contribution in [0.1, 0.15) is 65.0 Å². The van der Waals surface area contributed by atoms with E-state index in [-0.39, 0.29) is 11.9 Å². The summed E-state index contributed by atoms with van der Waals surface area (Å²) in [6, 6.07) is 6.49. The van der Waals surface area contributed by atoms with Gasteiger partial charge in [0.25, 0.3) is 5.91 Å². The number of hydrogen-bond donors (Lipinski definition) is 1. The average molecular weight is 332 g/mol. The van der Waals surface area contributed by atoms with Gasteiger partial charge < -0.3 is 10.1 Å². The number of rotatable bonds is 7. The van der Waals surface area contributed by atoms with Gasteiger partial charge in [0.1, 0.15) is 5.75 Å². The fraction of sp³-hybridized carbons (Fsp3) is 0.667. The second kappa shape index (κ2) is 8.55. The third kappa shape index (κ3) is 4.75. The maximum Gasteiger partial charge on any atom is 0.261 e. The van der Waals surface area contributed by atoms with E-state index >= 15 is 0 Å². The molecule has 0 spiro atoms. The van der Waals surface area contributed by atoms with Crippen LogP contribution in [0.25, 0.3) is 0 Å². The summed E-state index contributed by atoms with van der Waals surface area (Å²) in [5.74, 6) is 1.65. The first-order valence-corrected chi connectivity index (χ1v) is 9.51. The number of nitrogens with one attached hydrogen (secondary N) is 1. The highest BCUT2D eigenvalue weighted by Gasteiger charge is 2.25. The van der Waals surface area contributed by atoms with Gasteiger partial charge in [0.15, 0.2) is 6.10 Å². The Hall–Kier alpha value is -1.51. The maximum absolute atomic E-state index is 12.7. The standard InChI is InChI=1S/C21H33NO2/c1-6-19(21(23)22-20(14(2)3)15(4)5)24-18-12-11-16-9-7-8-10-17(16)13-18/h11-15,19-20H,6-10H2,1-5H3,(H,22,23)/t19-/m1/s1. The number of amides is 1. The molecule has 1 aliphatic carbocycles. The van der Waals surface area contributed by atoms with Crippen LogP contribution in [0.5, 0.6) is 5.75 Å². The predicted molar refractivity (Wildman–Crippen MR) is 99.4 cm³/mol. The van der Waals surface area contributed by atoms with Gasteiger partial charge >= 0.3 is 0 Å². The Labute approximate surface area is 147 Å². The minimum atomic E-state index is -0.424. The van der Waals surface area contributed by atoms with Crippen molar-refractivity contribution in [2.24, 2.45) is 11.8 Å². The monoisotopic (exact) mass is 331 g/mol. The summed E-state index contributed by atoms with van der Waals surface area (Å²) in [7, 11) is 0. The molecule has 0 bridgehead atoms. The summed E-state index contributed by atoms with van der Waals surface area (Å²) in [6.07, 6.45) is 5.06. The molecule has 1 amide bonds. The van der Waals surface area contributed by atoms with Crippen LogP contribution in [-0.4, -0.2) is 18.1 Å². The van der Waals surface area contributed by atoms with Gasteiger partial charge in [-0.15, -0.1) is 0 Å². The number of benzene rings is 1. The van der Waals surface area contributed by atoms with Gasteiger partial charge in [0, 0.05) is 6.04 Å². The van der Waals surface area contributed by atoms with E-state index in [1.54, 1.807) is 0 Å². The number of aryl methyl sites for hydroxylation is 2. The van der Waals surface area contributed by atoms with Crippen LogP contribution in [0.2, 0.25) is 0 Å². The lowest BCUT2D eigenvalue weighted by atomic mass is 9.92. The highest BCUT2D eigenvalue weighted by molar-refractivity contribution is 5.81. The molecule has 1 N–H and O–H groups in total. The summed E-state index contributed by atoms with van der Waals surface area (Å²) in [5.41, 5.74) is 2.82. The van der Waals surface area contributed by atoms with Crippen LogP contribution in [0, 0.1) is 11.8 Å². The molecule has 0 aromatic heterocycles. The minimum Gasteiger partial charge on any atom is -0.481 e. The zero-order valence-electron chi connectivity index (χ0n) is 15.9. The first kappa shape index (κ1) is 18.8. The second-order valence-electron chi connectivity index (χ2n) is 7.67. The van der Waals surface area contributed by atoms with Gasteiger partial charge in [-0.05, 0) is 67.2 Å². The van der Waals surface area contributed by atoms with Crippen LogP contribution in [0.3, 0.4) is 0 Å². The Balaban J connectivity index is 2.04. The van der Waals surface area contributed by atoms with Gasteiger partial charge in [0.2, 0.25) is 0 Å². The van der Waals surface area contributed by atoms with Crippen molar-refractivity contribution in [3.05, 3.63) is 29.3 Å². The minimum absolute atomic E-state index is 0.00243.